The van der Waals surface area contributed by atoms with Gasteiger partial charge in [0, 0.05) is 47.7 Å². The number of amides is 2. The van der Waals surface area contributed by atoms with Crippen LogP contribution in [0.1, 0.15) is 30.2 Å². The number of β-amino-alcohol motifs (C(OH)–C–C–N with tert-alkyl or cyclic N) is 1. The zero-order chi connectivity index (χ0) is 21.0. The lowest BCUT2D eigenvalue weighted by molar-refractivity contribution is 0.0484. The molecule has 29 heavy (non-hydrogen) atoms. The van der Waals surface area contributed by atoms with E-state index in [1.807, 2.05) is 36.1 Å². The molecule has 2 atom stereocenters. The maximum atomic E-state index is 12.7. The van der Waals surface area contributed by atoms with Gasteiger partial charge in [0.25, 0.3) is 0 Å². The monoisotopic (exact) mass is 436 g/mol. The third kappa shape index (κ3) is 5.69. The summed E-state index contributed by atoms with van der Waals surface area (Å²) in [7, 11) is 0. The number of aryl methyl sites for hydroxylation is 1. The minimum atomic E-state index is -0.354. The highest BCUT2D eigenvalue weighted by molar-refractivity contribution is 7.12. The molecule has 0 saturated carbocycles. The Labute approximate surface area is 181 Å². The van der Waals surface area contributed by atoms with Crippen molar-refractivity contribution < 1.29 is 9.90 Å². The van der Waals surface area contributed by atoms with E-state index in [9.17, 15) is 9.90 Å². The van der Waals surface area contributed by atoms with Crippen LogP contribution < -0.4 is 5.32 Å². The van der Waals surface area contributed by atoms with Gasteiger partial charge in [0.1, 0.15) is 5.01 Å². The van der Waals surface area contributed by atoms with Crippen molar-refractivity contribution in [3.63, 3.8) is 0 Å². The first-order valence-corrected chi connectivity index (χ1v) is 11.2. The lowest BCUT2D eigenvalue weighted by atomic mass is 10.1. The van der Waals surface area contributed by atoms with Crippen LogP contribution in [-0.4, -0.2) is 64.2 Å². The third-order valence-electron chi connectivity index (χ3n) is 5.21. The molecule has 2 unspecified atom stereocenters. The summed E-state index contributed by atoms with van der Waals surface area (Å²) >= 11 is 7.57. The van der Waals surface area contributed by atoms with Crippen molar-refractivity contribution >= 4 is 29.0 Å². The molecule has 3 rings (SSSR count). The van der Waals surface area contributed by atoms with Crippen LogP contribution in [0.3, 0.4) is 0 Å². The Hall–Kier alpha value is -1.67. The van der Waals surface area contributed by atoms with E-state index >= 15 is 0 Å². The number of rotatable bonds is 6. The lowest BCUT2D eigenvalue weighted by Crippen LogP contribution is -2.57. The minimum absolute atomic E-state index is 0.0546. The predicted octanol–water partition coefficient (Wildman–Crippen LogP) is 3.76. The molecular formula is C21H29ClN4O2S. The average molecular weight is 437 g/mol. The van der Waals surface area contributed by atoms with E-state index in [1.165, 1.54) is 0 Å². The number of nitrogens with zero attached hydrogens (tertiary/aromatic N) is 3. The van der Waals surface area contributed by atoms with Gasteiger partial charge in [-0.15, -0.1) is 11.3 Å². The van der Waals surface area contributed by atoms with Crippen LogP contribution in [0.5, 0.6) is 0 Å². The van der Waals surface area contributed by atoms with E-state index in [2.05, 4.69) is 17.1 Å². The Kier molecular flexibility index (Phi) is 7.51. The summed E-state index contributed by atoms with van der Waals surface area (Å²) in [5.41, 5.74) is 1.97. The van der Waals surface area contributed by atoms with Crippen LogP contribution in [0.4, 0.5) is 4.79 Å². The number of aliphatic hydroxyl groups is 1. The normalized spacial score (nSPS) is 18.7. The minimum Gasteiger partial charge on any atom is -0.392 e. The second-order valence-electron chi connectivity index (χ2n) is 7.53. The van der Waals surface area contributed by atoms with Crippen LogP contribution >= 0.6 is 22.9 Å². The van der Waals surface area contributed by atoms with Gasteiger partial charge in [-0.25, -0.2) is 9.78 Å². The summed E-state index contributed by atoms with van der Waals surface area (Å²) in [5, 5.41) is 14.3. The summed E-state index contributed by atoms with van der Waals surface area (Å²) in [6.07, 6.45) is 0.597. The number of carbonyl (C=O) groups excluding carboxylic acids is 1. The first-order chi connectivity index (χ1) is 13.9. The summed E-state index contributed by atoms with van der Waals surface area (Å²) in [6.45, 7) is 9.18. The molecule has 2 aromatic rings. The zero-order valence-corrected chi connectivity index (χ0v) is 18.8. The summed E-state index contributed by atoms with van der Waals surface area (Å²) in [5.74, 6) is 0. The van der Waals surface area contributed by atoms with Gasteiger partial charge < -0.3 is 15.3 Å². The lowest BCUT2D eigenvalue weighted by Gasteiger charge is -2.41. The van der Waals surface area contributed by atoms with Gasteiger partial charge in [-0.2, -0.15) is 0 Å². The van der Waals surface area contributed by atoms with Crippen LogP contribution in [0.25, 0.3) is 11.3 Å². The van der Waals surface area contributed by atoms with E-state index in [0.717, 1.165) is 34.1 Å². The zero-order valence-electron chi connectivity index (χ0n) is 17.2. The van der Waals surface area contributed by atoms with Crippen molar-refractivity contribution in [2.45, 2.75) is 45.9 Å². The first kappa shape index (κ1) is 22.0. The number of hydrogen-bond acceptors (Lipinski definition) is 5. The third-order valence-corrected chi connectivity index (χ3v) is 6.43. The predicted molar refractivity (Wildman–Crippen MR) is 118 cm³/mol. The van der Waals surface area contributed by atoms with Crippen molar-refractivity contribution in [3.8, 4) is 11.3 Å². The highest BCUT2D eigenvalue weighted by Crippen LogP contribution is 2.28. The Morgan fingerprint density at radius 2 is 2.10 bits per heavy atom. The van der Waals surface area contributed by atoms with Crippen molar-refractivity contribution in [2.75, 3.05) is 26.2 Å². The van der Waals surface area contributed by atoms with E-state index in [1.54, 1.807) is 18.3 Å². The van der Waals surface area contributed by atoms with Gasteiger partial charge >= 0.3 is 6.03 Å². The Morgan fingerprint density at radius 1 is 1.38 bits per heavy atom. The number of aliphatic hydroxyl groups excluding tert-OH is 1. The Bertz CT molecular complexity index is 825. The van der Waals surface area contributed by atoms with E-state index in [4.69, 9.17) is 16.6 Å². The molecule has 6 nitrogen and oxygen atoms in total. The molecule has 1 aliphatic heterocycles. The highest BCUT2D eigenvalue weighted by Gasteiger charge is 2.29. The smallest absolute Gasteiger partial charge is 0.317 e. The van der Waals surface area contributed by atoms with E-state index < -0.39 is 0 Å². The van der Waals surface area contributed by atoms with Gasteiger partial charge in [-0.3, -0.25) is 4.90 Å². The molecule has 1 fully saturated rings. The number of urea groups is 1. The summed E-state index contributed by atoms with van der Waals surface area (Å²) < 4.78 is 0. The number of benzene rings is 1. The van der Waals surface area contributed by atoms with E-state index in [-0.39, 0.29) is 18.2 Å². The van der Waals surface area contributed by atoms with Crippen molar-refractivity contribution in [1.82, 2.24) is 20.1 Å². The molecule has 0 radical (unpaired) electrons. The maximum absolute atomic E-state index is 12.7. The first-order valence-electron chi connectivity index (χ1n) is 10.0. The van der Waals surface area contributed by atoms with Crippen LogP contribution in [0.2, 0.25) is 5.02 Å². The fourth-order valence-corrected chi connectivity index (χ4v) is 4.73. The van der Waals surface area contributed by atoms with Gasteiger partial charge in [0.2, 0.25) is 0 Å². The van der Waals surface area contributed by atoms with Crippen LogP contribution in [0, 0.1) is 6.92 Å². The maximum Gasteiger partial charge on any atom is 0.317 e. The SMILES string of the molecule is CCC1CN(C(=O)NCc2nc(-c3ccc(Cl)cc3)c(C)s2)CCN1CC(C)O. The Morgan fingerprint density at radius 3 is 2.76 bits per heavy atom. The summed E-state index contributed by atoms with van der Waals surface area (Å²) in [4.78, 5) is 22.6. The fraction of sp³-hybridized carbons (Fsp3) is 0.524. The molecule has 158 valence electrons. The van der Waals surface area contributed by atoms with Crippen molar-refractivity contribution in [1.29, 1.82) is 0 Å². The highest BCUT2D eigenvalue weighted by atomic mass is 35.5. The number of piperazine rings is 1. The fourth-order valence-electron chi connectivity index (χ4n) is 3.71. The molecule has 1 aromatic carbocycles. The van der Waals surface area contributed by atoms with Gasteiger partial charge in [-0.1, -0.05) is 30.7 Å². The molecule has 2 N–H and O–H groups in total. The molecular weight excluding hydrogens is 408 g/mol. The molecule has 1 saturated heterocycles. The van der Waals surface area contributed by atoms with Crippen molar-refractivity contribution in [3.05, 3.63) is 39.2 Å². The number of carbonyl (C=O) groups is 1. The second-order valence-corrected chi connectivity index (χ2v) is 9.25. The summed E-state index contributed by atoms with van der Waals surface area (Å²) in [6, 6.07) is 7.87. The molecule has 0 spiro atoms. The molecule has 0 bridgehead atoms. The molecule has 1 aliphatic rings. The number of aromatic nitrogens is 1. The number of halogens is 1. The van der Waals surface area contributed by atoms with Gasteiger partial charge in [0.05, 0.1) is 18.3 Å². The second kappa shape index (κ2) is 9.89. The molecule has 8 heteroatoms. The molecule has 2 heterocycles. The molecule has 0 aliphatic carbocycles. The quantitative estimate of drug-likeness (QED) is 0.723. The largest absolute Gasteiger partial charge is 0.392 e. The number of nitrogens with one attached hydrogen (secondary N) is 1. The van der Waals surface area contributed by atoms with Crippen molar-refractivity contribution in [2.24, 2.45) is 0 Å². The molecule has 2 amide bonds. The molecule has 1 aromatic heterocycles. The standard InChI is InChI=1S/C21H29ClN4O2S/c1-4-18-13-26(10-9-25(18)12-14(2)27)21(28)23-11-19-24-20(15(3)29-19)16-5-7-17(22)8-6-16/h5-8,14,18,27H,4,9-13H2,1-3H3,(H,23,28). The van der Waals surface area contributed by atoms with Gasteiger partial charge in [-0.05, 0) is 32.4 Å². The van der Waals surface area contributed by atoms with Crippen LogP contribution in [-0.2, 0) is 6.54 Å². The van der Waals surface area contributed by atoms with Crippen LogP contribution in [0.15, 0.2) is 24.3 Å². The number of hydrogen-bond donors (Lipinski definition) is 2. The van der Waals surface area contributed by atoms with Gasteiger partial charge in [0.15, 0.2) is 0 Å². The average Bonchev–Trinajstić information content (AvgIpc) is 3.07. The topological polar surface area (TPSA) is 68.7 Å². The Balaban J connectivity index is 1.57. The number of thiazole rings is 1. The van der Waals surface area contributed by atoms with E-state index in [0.29, 0.717) is 31.2 Å².